The number of benzene rings is 3. The van der Waals surface area contributed by atoms with Crippen LogP contribution in [0.3, 0.4) is 0 Å². The van der Waals surface area contributed by atoms with Crippen molar-refractivity contribution in [2.45, 2.75) is 13.3 Å². The Labute approximate surface area is 347 Å². The number of hydrogen-bond acceptors (Lipinski definition) is 11. The normalized spacial score (nSPS) is 9.95. The van der Waals surface area contributed by atoms with Gasteiger partial charge in [-0.25, -0.2) is 4.79 Å². The Balaban J connectivity index is 0.000000172. The van der Waals surface area contributed by atoms with E-state index < -0.39 is 5.97 Å². The van der Waals surface area contributed by atoms with Gasteiger partial charge < -0.3 is 51.5 Å². The molecule has 0 aliphatic rings. The van der Waals surface area contributed by atoms with Crippen molar-refractivity contribution in [3.8, 4) is 0 Å². The van der Waals surface area contributed by atoms with Gasteiger partial charge >= 0.3 is 5.97 Å². The summed E-state index contributed by atoms with van der Waals surface area (Å²) in [6.07, 6.45) is 3.23. The highest BCUT2D eigenvalue weighted by Gasteiger charge is 2.13. The minimum atomic E-state index is -1.05. The Morgan fingerprint density at radius 2 is 1.23 bits per heavy atom. The molecule has 3 aromatic carbocycles. The summed E-state index contributed by atoms with van der Waals surface area (Å²) in [6, 6.07) is 31.2. The first-order valence-electron chi connectivity index (χ1n) is 16.5. The first kappa shape index (κ1) is 43.2. The van der Waals surface area contributed by atoms with Gasteiger partial charge in [0.05, 0.1) is 17.2 Å². The Morgan fingerprint density at radius 1 is 0.684 bits per heavy atom. The number of aromatic carboxylic acids is 1. The second-order valence-electron chi connectivity index (χ2n) is 11.5. The van der Waals surface area contributed by atoms with Crippen molar-refractivity contribution in [2.75, 3.05) is 33.2 Å². The number of nitrogens with two attached hydrogens (primary N) is 3. The molecule has 0 fully saturated rings. The summed E-state index contributed by atoms with van der Waals surface area (Å²) in [5.74, 6) is -1.09. The molecule has 0 radical (unpaired) electrons. The van der Waals surface area contributed by atoms with E-state index in [1.54, 1.807) is 102 Å². The highest BCUT2D eigenvalue weighted by Crippen LogP contribution is 2.18. The summed E-state index contributed by atoms with van der Waals surface area (Å²) < 4.78 is 15.9. The SMILES string of the molecule is Cc1ccoc1C(=O)Nc1ccc(N)cc1.Nc1ccc(NC(=O)Cc2cccs2)cc1.Nc1ccc(NC(=O)c2ccc(Br)o2)cc1.O=C(O)c1cc(Br)co1. The van der Waals surface area contributed by atoms with E-state index in [2.05, 4.69) is 52.2 Å². The molecule has 294 valence electrons. The predicted molar refractivity (Wildman–Crippen MR) is 228 cm³/mol. The molecule has 0 saturated carbocycles. The van der Waals surface area contributed by atoms with Crippen LogP contribution < -0.4 is 33.2 Å². The van der Waals surface area contributed by atoms with Gasteiger partial charge in [-0.05, 0) is 141 Å². The average molecular weight is 921 g/mol. The first-order chi connectivity index (χ1) is 27.2. The number of aryl methyl sites for hydroxylation is 1. The van der Waals surface area contributed by atoms with Crippen LogP contribution in [0.15, 0.2) is 149 Å². The van der Waals surface area contributed by atoms with E-state index in [0.29, 0.717) is 49.8 Å². The number of hydrogen-bond donors (Lipinski definition) is 7. The maximum absolute atomic E-state index is 11.7. The molecule has 0 aliphatic heterocycles. The fourth-order valence-corrected chi connectivity index (χ4v) is 5.63. The van der Waals surface area contributed by atoms with Gasteiger partial charge in [0.25, 0.3) is 11.8 Å². The highest BCUT2D eigenvalue weighted by molar-refractivity contribution is 9.10. The van der Waals surface area contributed by atoms with Gasteiger partial charge in [-0.2, -0.15) is 0 Å². The number of anilines is 6. The number of thiophene rings is 1. The molecule has 10 N–H and O–H groups in total. The van der Waals surface area contributed by atoms with Crippen LogP contribution in [-0.4, -0.2) is 28.8 Å². The lowest BCUT2D eigenvalue weighted by Gasteiger charge is -2.04. The zero-order valence-corrected chi connectivity index (χ0v) is 34.0. The van der Waals surface area contributed by atoms with E-state index >= 15 is 0 Å². The number of carbonyl (C=O) groups excluding carboxylic acids is 3. The van der Waals surface area contributed by atoms with E-state index in [9.17, 15) is 19.2 Å². The smallest absolute Gasteiger partial charge is 0.371 e. The molecular formula is C40H36Br2N6O8S. The van der Waals surface area contributed by atoms with E-state index in [0.717, 1.165) is 16.1 Å². The summed E-state index contributed by atoms with van der Waals surface area (Å²) in [7, 11) is 0. The Hall–Kier alpha value is -6.56. The van der Waals surface area contributed by atoms with Crippen molar-refractivity contribution in [1.29, 1.82) is 0 Å². The van der Waals surface area contributed by atoms with Crippen molar-refractivity contribution in [2.24, 2.45) is 0 Å². The minimum absolute atomic E-state index is 0.00720. The van der Waals surface area contributed by atoms with Crippen LogP contribution >= 0.6 is 43.2 Å². The van der Waals surface area contributed by atoms with E-state index in [-0.39, 0.29) is 29.2 Å². The number of rotatable bonds is 8. The van der Waals surface area contributed by atoms with Crippen LogP contribution in [-0.2, 0) is 11.2 Å². The third-order valence-corrected chi connectivity index (χ3v) is 8.81. The van der Waals surface area contributed by atoms with Crippen molar-refractivity contribution in [1.82, 2.24) is 0 Å². The number of furan rings is 3. The third kappa shape index (κ3) is 14.9. The van der Waals surface area contributed by atoms with Gasteiger partial charge in [0.15, 0.2) is 16.2 Å². The molecule has 0 saturated heterocycles. The fraction of sp³-hybridized carbons (Fsp3) is 0.0500. The molecule has 3 amide bonds. The van der Waals surface area contributed by atoms with Gasteiger partial charge in [0.1, 0.15) is 6.26 Å². The molecule has 0 bridgehead atoms. The lowest BCUT2D eigenvalue weighted by Crippen LogP contribution is -2.13. The monoisotopic (exact) mass is 918 g/mol. The fourth-order valence-electron chi connectivity index (χ4n) is 4.32. The van der Waals surface area contributed by atoms with Crippen LogP contribution in [0.2, 0.25) is 0 Å². The number of carbonyl (C=O) groups is 4. The molecule has 0 atom stereocenters. The average Bonchev–Trinajstić information content (AvgIpc) is 4.02. The number of nitrogen functional groups attached to an aromatic ring is 3. The summed E-state index contributed by atoms with van der Waals surface area (Å²) in [5, 5.41) is 18.5. The minimum Gasteiger partial charge on any atom is -0.475 e. The van der Waals surface area contributed by atoms with Crippen LogP contribution in [0, 0.1) is 6.92 Å². The number of halogens is 2. The number of carboxylic acid groups (broad SMARTS) is 1. The first-order valence-corrected chi connectivity index (χ1v) is 19.0. The lowest BCUT2D eigenvalue weighted by molar-refractivity contribution is -0.115. The topological polar surface area (TPSA) is 242 Å². The second-order valence-corrected chi connectivity index (χ2v) is 14.3. The van der Waals surface area contributed by atoms with Crippen LogP contribution in [0.5, 0.6) is 0 Å². The zero-order valence-electron chi connectivity index (χ0n) is 30.0. The van der Waals surface area contributed by atoms with Crippen molar-refractivity contribution in [3.63, 3.8) is 0 Å². The maximum Gasteiger partial charge on any atom is 0.371 e. The van der Waals surface area contributed by atoms with Gasteiger partial charge in [0, 0.05) is 50.6 Å². The molecule has 4 heterocycles. The van der Waals surface area contributed by atoms with E-state index in [1.807, 2.05) is 24.4 Å². The molecule has 0 unspecified atom stereocenters. The predicted octanol–water partition coefficient (Wildman–Crippen LogP) is 9.55. The third-order valence-electron chi connectivity index (χ3n) is 7.09. The highest BCUT2D eigenvalue weighted by atomic mass is 79.9. The van der Waals surface area contributed by atoms with E-state index in [4.69, 9.17) is 31.1 Å². The van der Waals surface area contributed by atoms with Crippen LogP contribution in [0.1, 0.15) is 42.1 Å². The quantitative estimate of drug-likeness (QED) is 0.0708. The standard InChI is InChI=1S/C12H12N2O2.C12H12N2OS.C11H9BrN2O2.C5H3BrO3/c1-8-6-7-16-11(8)12(15)14-10-4-2-9(13)3-5-10;13-9-3-5-10(6-4-9)14-12(15)8-11-2-1-7-16-11;12-10-6-5-9(16-10)11(15)14-8-3-1-7(13)2-4-8;6-3-1-4(5(7)8)9-2-3/h2-7H,13H2,1H3,(H,14,15);1-7H,8,13H2,(H,14,15);1-6H,13H2,(H,14,15);1-2H,(H,7,8). The molecule has 4 aromatic heterocycles. The van der Waals surface area contributed by atoms with Crippen molar-refractivity contribution in [3.05, 3.63) is 164 Å². The maximum atomic E-state index is 11.7. The zero-order chi connectivity index (χ0) is 41.3. The Bertz CT molecular complexity index is 2360. The number of carboxylic acids is 1. The summed E-state index contributed by atoms with van der Waals surface area (Å²) in [6.45, 7) is 1.82. The van der Waals surface area contributed by atoms with E-state index in [1.165, 1.54) is 18.6 Å². The molecular weight excluding hydrogens is 884 g/mol. The molecule has 7 rings (SSSR count). The lowest BCUT2D eigenvalue weighted by atomic mass is 10.2. The number of amides is 3. The number of nitrogens with one attached hydrogen (secondary N) is 3. The molecule has 57 heavy (non-hydrogen) atoms. The van der Waals surface area contributed by atoms with Gasteiger partial charge in [-0.15, -0.1) is 11.3 Å². The van der Waals surface area contributed by atoms with Crippen LogP contribution in [0.4, 0.5) is 34.1 Å². The van der Waals surface area contributed by atoms with Crippen molar-refractivity contribution >= 4 is 101 Å². The molecule has 17 heteroatoms. The molecule has 0 aliphatic carbocycles. The summed E-state index contributed by atoms with van der Waals surface area (Å²) in [4.78, 5) is 46.2. The Kier molecular flexibility index (Phi) is 16.3. The Morgan fingerprint density at radius 3 is 1.63 bits per heavy atom. The van der Waals surface area contributed by atoms with Gasteiger partial charge in [0.2, 0.25) is 11.7 Å². The van der Waals surface area contributed by atoms with Crippen LogP contribution in [0.25, 0.3) is 0 Å². The van der Waals surface area contributed by atoms with Gasteiger partial charge in [-0.1, -0.05) is 6.07 Å². The summed E-state index contributed by atoms with van der Waals surface area (Å²) in [5.41, 5.74) is 21.6. The summed E-state index contributed by atoms with van der Waals surface area (Å²) >= 11 is 7.76. The largest absolute Gasteiger partial charge is 0.475 e. The second kappa shape index (κ2) is 21.5. The van der Waals surface area contributed by atoms with Crippen molar-refractivity contribution < 1.29 is 37.5 Å². The van der Waals surface area contributed by atoms with Gasteiger partial charge in [-0.3, -0.25) is 14.4 Å². The molecule has 14 nitrogen and oxygen atoms in total. The molecule has 7 aromatic rings. The molecule has 0 spiro atoms.